The van der Waals surface area contributed by atoms with Crippen molar-refractivity contribution in [2.45, 2.75) is 37.8 Å². The second kappa shape index (κ2) is 8.85. The highest BCUT2D eigenvalue weighted by molar-refractivity contribution is 5.74. The maximum atomic E-state index is 12.7. The summed E-state index contributed by atoms with van der Waals surface area (Å²) < 4.78 is 6.97. The molecule has 8 heteroatoms. The third-order valence-corrected chi connectivity index (χ3v) is 5.35. The van der Waals surface area contributed by atoms with Gasteiger partial charge in [-0.15, -0.1) is 10.2 Å². The summed E-state index contributed by atoms with van der Waals surface area (Å²) in [4.78, 5) is 14.5. The van der Waals surface area contributed by atoms with Crippen LogP contribution in [0.5, 0.6) is 0 Å². The molecule has 0 unspecified atom stereocenters. The largest absolute Gasteiger partial charge is 0.383 e. The summed E-state index contributed by atoms with van der Waals surface area (Å²) in [5.74, 6) is 0.693. The monoisotopic (exact) mass is 382 g/mol. The van der Waals surface area contributed by atoms with Crippen LogP contribution in [0.15, 0.2) is 36.7 Å². The topological polar surface area (TPSA) is 96.1 Å². The smallest absolute Gasteiger partial charge is 0.317 e. The zero-order valence-corrected chi connectivity index (χ0v) is 16.3. The lowest BCUT2D eigenvalue weighted by Crippen LogP contribution is -2.49. The van der Waals surface area contributed by atoms with Crippen molar-refractivity contribution >= 4 is 6.03 Å². The summed E-state index contributed by atoms with van der Waals surface area (Å²) in [7, 11) is 1.64. The van der Waals surface area contributed by atoms with Crippen LogP contribution in [0, 0.1) is 11.3 Å². The summed E-state index contributed by atoms with van der Waals surface area (Å²) in [6.07, 6.45) is 2.89. The second-order valence-electron chi connectivity index (χ2n) is 7.09. The molecule has 1 atom stereocenters. The van der Waals surface area contributed by atoms with Gasteiger partial charge in [0.1, 0.15) is 6.33 Å². The number of urea groups is 1. The first-order valence-electron chi connectivity index (χ1n) is 9.48. The lowest BCUT2D eigenvalue weighted by Gasteiger charge is -2.38. The summed E-state index contributed by atoms with van der Waals surface area (Å²) in [5, 5.41) is 20.8. The van der Waals surface area contributed by atoms with Crippen molar-refractivity contribution in [1.29, 1.82) is 5.26 Å². The number of carbonyl (C=O) groups excluding carboxylic acids is 1. The van der Waals surface area contributed by atoms with Crippen LogP contribution in [0.2, 0.25) is 0 Å². The fourth-order valence-corrected chi connectivity index (χ4v) is 3.62. The van der Waals surface area contributed by atoms with Crippen LogP contribution in [-0.2, 0) is 16.7 Å². The molecule has 2 heterocycles. The molecule has 0 radical (unpaired) electrons. The van der Waals surface area contributed by atoms with Crippen LogP contribution in [0.3, 0.4) is 0 Å². The minimum atomic E-state index is -0.524. The first-order chi connectivity index (χ1) is 13.6. The van der Waals surface area contributed by atoms with E-state index in [9.17, 15) is 10.1 Å². The van der Waals surface area contributed by atoms with Gasteiger partial charge in [0, 0.05) is 26.7 Å². The number of likely N-dealkylation sites (tertiary alicyclic amines) is 1. The fourth-order valence-electron chi connectivity index (χ4n) is 3.62. The summed E-state index contributed by atoms with van der Waals surface area (Å²) in [5.41, 5.74) is 0.501. The lowest BCUT2D eigenvalue weighted by atomic mass is 9.74. The number of hydrogen-bond acceptors (Lipinski definition) is 5. The number of amides is 2. The maximum absolute atomic E-state index is 12.7. The Hall–Kier alpha value is -2.92. The molecule has 8 nitrogen and oxygen atoms in total. The van der Waals surface area contributed by atoms with Gasteiger partial charge in [0.2, 0.25) is 0 Å². The standard InChI is InChI=1S/C20H26N6O2/c1-16(18-24-22-15-26(18)12-13-28-2)23-19(27)25-10-8-20(14-21,9-11-25)17-6-4-3-5-7-17/h3-7,15-16H,8-13H2,1-2H3,(H,23,27)/t16-/m1/s1. The Kier molecular flexibility index (Phi) is 6.26. The van der Waals surface area contributed by atoms with Crippen LogP contribution >= 0.6 is 0 Å². The molecule has 0 bridgehead atoms. The highest BCUT2D eigenvalue weighted by Gasteiger charge is 2.37. The van der Waals surface area contributed by atoms with Crippen LogP contribution in [-0.4, -0.2) is 52.5 Å². The van der Waals surface area contributed by atoms with E-state index in [-0.39, 0.29) is 12.1 Å². The molecule has 0 saturated carbocycles. The van der Waals surface area contributed by atoms with Gasteiger partial charge < -0.3 is 19.5 Å². The van der Waals surface area contributed by atoms with Crippen molar-refractivity contribution in [1.82, 2.24) is 25.0 Å². The first-order valence-corrected chi connectivity index (χ1v) is 9.48. The maximum Gasteiger partial charge on any atom is 0.317 e. The lowest BCUT2D eigenvalue weighted by molar-refractivity contribution is 0.167. The van der Waals surface area contributed by atoms with Gasteiger partial charge in [-0.05, 0) is 25.3 Å². The zero-order valence-electron chi connectivity index (χ0n) is 16.3. The molecule has 1 aliphatic rings. The molecule has 0 spiro atoms. The van der Waals surface area contributed by atoms with Crippen LogP contribution < -0.4 is 5.32 Å². The Morgan fingerprint density at radius 2 is 2.07 bits per heavy atom. The molecule has 3 rings (SSSR count). The number of methoxy groups -OCH3 is 1. The fraction of sp³-hybridized carbons (Fsp3) is 0.500. The molecule has 28 heavy (non-hydrogen) atoms. The van der Waals surface area contributed by atoms with Gasteiger partial charge in [-0.3, -0.25) is 0 Å². The number of nitrogens with one attached hydrogen (secondary N) is 1. The average molecular weight is 382 g/mol. The highest BCUT2D eigenvalue weighted by Crippen LogP contribution is 2.34. The number of carbonyl (C=O) groups is 1. The highest BCUT2D eigenvalue weighted by atomic mass is 16.5. The number of nitriles is 1. The predicted octanol–water partition coefficient (Wildman–Crippen LogP) is 2.25. The quantitative estimate of drug-likeness (QED) is 0.827. The molecule has 2 amide bonds. The molecular formula is C20H26N6O2. The van der Waals surface area contributed by atoms with E-state index in [1.807, 2.05) is 41.8 Å². The number of piperidine rings is 1. The third kappa shape index (κ3) is 4.15. The number of rotatable bonds is 6. The number of aromatic nitrogens is 3. The van der Waals surface area contributed by atoms with E-state index in [1.54, 1.807) is 18.3 Å². The van der Waals surface area contributed by atoms with Gasteiger partial charge in [0.25, 0.3) is 0 Å². The van der Waals surface area contributed by atoms with E-state index in [0.29, 0.717) is 44.9 Å². The number of nitrogens with zero attached hydrogens (tertiary/aromatic N) is 5. The minimum absolute atomic E-state index is 0.145. The van der Waals surface area contributed by atoms with Crippen molar-refractivity contribution in [3.63, 3.8) is 0 Å². The van der Waals surface area contributed by atoms with Gasteiger partial charge in [0.15, 0.2) is 5.82 Å². The van der Waals surface area contributed by atoms with E-state index >= 15 is 0 Å². The zero-order chi connectivity index (χ0) is 20.0. The molecule has 2 aromatic rings. The molecule has 1 saturated heterocycles. The molecular weight excluding hydrogens is 356 g/mol. The molecule has 1 fully saturated rings. The Morgan fingerprint density at radius 3 is 2.71 bits per heavy atom. The molecule has 0 aliphatic carbocycles. The Morgan fingerprint density at radius 1 is 1.36 bits per heavy atom. The molecule has 1 aliphatic heterocycles. The van der Waals surface area contributed by atoms with Crippen molar-refractivity contribution < 1.29 is 9.53 Å². The molecule has 1 aromatic carbocycles. The van der Waals surface area contributed by atoms with Gasteiger partial charge >= 0.3 is 6.03 Å². The van der Waals surface area contributed by atoms with Crippen molar-refractivity contribution in [3.8, 4) is 6.07 Å². The van der Waals surface area contributed by atoms with Crippen LogP contribution in [0.25, 0.3) is 0 Å². The SMILES string of the molecule is COCCn1cnnc1[C@@H](C)NC(=O)N1CCC(C#N)(c2ccccc2)CC1. The van der Waals surface area contributed by atoms with E-state index in [0.717, 1.165) is 5.56 Å². The summed E-state index contributed by atoms with van der Waals surface area (Å²) in [6.45, 7) is 4.14. The summed E-state index contributed by atoms with van der Waals surface area (Å²) >= 11 is 0. The number of hydrogen-bond donors (Lipinski definition) is 1. The normalized spacial score (nSPS) is 17.0. The van der Waals surface area contributed by atoms with Crippen molar-refractivity contribution in [3.05, 3.63) is 48.0 Å². The van der Waals surface area contributed by atoms with Gasteiger partial charge in [0.05, 0.1) is 24.1 Å². The second-order valence-corrected chi connectivity index (χ2v) is 7.09. The minimum Gasteiger partial charge on any atom is -0.383 e. The van der Waals surface area contributed by atoms with E-state index < -0.39 is 5.41 Å². The van der Waals surface area contributed by atoms with Gasteiger partial charge in [-0.2, -0.15) is 5.26 Å². The number of benzene rings is 1. The van der Waals surface area contributed by atoms with Crippen molar-refractivity contribution in [2.24, 2.45) is 0 Å². The Balaban J connectivity index is 1.60. The predicted molar refractivity (Wildman–Crippen MR) is 103 cm³/mol. The van der Waals surface area contributed by atoms with Crippen molar-refractivity contribution in [2.75, 3.05) is 26.8 Å². The van der Waals surface area contributed by atoms with Gasteiger partial charge in [-0.25, -0.2) is 4.79 Å². The summed E-state index contributed by atoms with van der Waals surface area (Å²) in [6, 6.07) is 11.9. The molecule has 1 aromatic heterocycles. The van der Waals surface area contributed by atoms with E-state index in [4.69, 9.17) is 4.74 Å². The average Bonchev–Trinajstić information content (AvgIpc) is 3.21. The molecule has 1 N–H and O–H groups in total. The van der Waals surface area contributed by atoms with Gasteiger partial charge in [-0.1, -0.05) is 30.3 Å². The van der Waals surface area contributed by atoms with E-state index in [1.165, 1.54) is 0 Å². The number of ether oxygens (including phenoxy) is 1. The van der Waals surface area contributed by atoms with E-state index in [2.05, 4.69) is 21.6 Å². The van der Waals surface area contributed by atoms with Crippen LogP contribution in [0.4, 0.5) is 4.79 Å². The van der Waals surface area contributed by atoms with Crippen LogP contribution in [0.1, 0.15) is 37.2 Å². The Labute approximate surface area is 165 Å². The third-order valence-electron chi connectivity index (χ3n) is 5.35. The first kappa shape index (κ1) is 19.8. The molecule has 148 valence electrons. The Bertz CT molecular complexity index is 821.